The van der Waals surface area contributed by atoms with Gasteiger partial charge in [0.05, 0.1) is 28.3 Å². The summed E-state index contributed by atoms with van der Waals surface area (Å²) in [6.07, 6.45) is 0. The lowest BCUT2D eigenvalue weighted by atomic mass is 9.93. The number of hydrogen-bond acceptors (Lipinski definition) is 5. The summed E-state index contributed by atoms with van der Waals surface area (Å²) in [6.45, 7) is 8.18. The molecule has 0 radical (unpaired) electrons. The van der Waals surface area contributed by atoms with Crippen molar-refractivity contribution in [3.8, 4) is 0 Å². The maximum atomic E-state index is 13.4. The number of likely N-dealkylation sites (N-methyl/N-ethyl adjacent to an activating group) is 1. The zero-order valence-corrected chi connectivity index (χ0v) is 23.3. The summed E-state index contributed by atoms with van der Waals surface area (Å²) in [6, 6.07) is 13.2. The molecule has 2 atom stereocenters. The molecule has 1 N–H and O–H groups in total. The van der Waals surface area contributed by atoms with Gasteiger partial charge in [0, 0.05) is 50.0 Å². The third-order valence-corrected chi connectivity index (χ3v) is 7.74. The van der Waals surface area contributed by atoms with E-state index in [4.69, 9.17) is 27.9 Å². The van der Waals surface area contributed by atoms with E-state index in [0.29, 0.717) is 60.1 Å². The number of rotatable bonds is 7. The van der Waals surface area contributed by atoms with Gasteiger partial charge in [-0.3, -0.25) is 14.6 Å². The Morgan fingerprint density at radius 3 is 2.45 bits per heavy atom. The second-order valence-electron chi connectivity index (χ2n) is 9.30. The Morgan fingerprint density at radius 2 is 1.79 bits per heavy atom. The van der Waals surface area contributed by atoms with Gasteiger partial charge in [-0.25, -0.2) is 9.59 Å². The SMILES string of the molecule is CCOC(=O)C1=C(CN2CCN(C(=O)c3ccccc3)[C@@H](C)C2)N(CC)C(=O)N[C@H]1c1cccc(Cl)c1Cl. The van der Waals surface area contributed by atoms with Crippen LogP contribution in [0.3, 0.4) is 0 Å². The largest absolute Gasteiger partial charge is 0.463 e. The standard InChI is InChI=1S/C28H32Cl2N4O4/c1-4-33-22(17-32-14-15-34(18(3)16-32)26(35)19-10-7-6-8-11-19)23(27(36)38-5-2)25(31-28(33)37)20-12-9-13-21(29)24(20)30/h6-13,18,25H,4-5,14-17H2,1-3H3,(H,31,37)/t18-,25-/m0/s1. The first-order valence-corrected chi connectivity index (χ1v) is 13.5. The summed E-state index contributed by atoms with van der Waals surface area (Å²) in [5, 5.41) is 3.52. The minimum absolute atomic E-state index is 0.00734. The van der Waals surface area contributed by atoms with Crippen LogP contribution >= 0.6 is 23.2 Å². The fourth-order valence-corrected chi connectivity index (χ4v) is 5.49. The number of urea groups is 1. The quantitative estimate of drug-likeness (QED) is 0.496. The number of ether oxygens (including phenoxy) is 1. The van der Waals surface area contributed by atoms with Crippen LogP contribution in [0, 0.1) is 0 Å². The fraction of sp³-hybridized carbons (Fsp3) is 0.393. The van der Waals surface area contributed by atoms with Gasteiger partial charge < -0.3 is 15.0 Å². The number of amides is 3. The van der Waals surface area contributed by atoms with Crippen molar-refractivity contribution in [2.45, 2.75) is 32.9 Å². The van der Waals surface area contributed by atoms with Crippen LogP contribution in [0.5, 0.6) is 0 Å². The van der Waals surface area contributed by atoms with E-state index >= 15 is 0 Å². The summed E-state index contributed by atoms with van der Waals surface area (Å²) in [4.78, 5) is 45.2. The van der Waals surface area contributed by atoms with Crippen molar-refractivity contribution in [1.29, 1.82) is 0 Å². The lowest BCUT2D eigenvalue weighted by Crippen LogP contribution is -2.56. The van der Waals surface area contributed by atoms with E-state index in [-0.39, 0.29) is 29.6 Å². The Kier molecular flexibility index (Phi) is 8.97. The van der Waals surface area contributed by atoms with Gasteiger partial charge in [0.25, 0.3) is 5.91 Å². The normalized spacial score (nSPS) is 20.4. The van der Waals surface area contributed by atoms with Crippen molar-refractivity contribution in [2.75, 3.05) is 39.3 Å². The zero-order valence-electron chi connectivity index (χ0n) is 21.7. The number of nitrogens with one attached hydrogen (secondary N) is 1. The molecular formula is C28H32Cl2N4O4. The minimum atomic E-state index is -0.816. The van der Waals surface area contributed by atoms with Crippen molar-refractivity contribution in [3.63, 3.8) is 0 Å². The fourth-order valence-electron chi connectivity index (χ4n) is 5.07. The van der Waals surface area contributed by atoms with Crippen LogP contribution in [0.2, 0.25) is 10.0 Å². The highest BCUT2D eigenvalue weighted by atomic mass is 35.5. The van der Waals surface area contributed by atoms with Crippen molar-refractivity contribution in [1.82, 2.24) is 20.0 Å². The molecule has 0 bridgehead atoms. The van der Waals surface area contributed by atoms with Gasteiger partial charge >= 0.3 is 12.0 Å². The van der Waals surface area contributed by atoms with Crippen molar-refractivity contribution in [3.05, 3.63) is 81.0 Å². The zero-order chi connectivity index (χ0) is 27.4. The Morgan fingerprint density at radius 1 is 1.05 bits per heavy atom. The van der Waals surface area contributed by atoms with Crippen LogP contribution in [0.4, 0.5) is 4.79 Å². The van der Waals surface area contributed by atoms with Gasteiger partial charge in [0.1, 0.15) is 0 Å². The summed E-state index contributed by atoms with van der Waals surface area (Å²) < 4.78 is 5.45. The smallest absolute Gasteiger partial charge is 0.338 e. The molecule has 2 aromatic carbocycles. The first kappa shape index (κ1) is 28.0. The highest BCUT2D eigenvalue weighted by Crippen LogP contribution is 2.38. The second kappa shape index (κ2) is 12.2. The van der Waals surface area contributed by atoms with Gasteiger partial charge in [0.2, 0.25) is 0 Å². The molecule has 0 aromatic heterocycles. The predicted octanol–water partition coefficient (Wildman–Crippen LogP) is 4.74. The second-order valence-corrected chi connectivity index (χ2v) is 10.1. The Bertz CT molecular complexity index is 1240. The maximum absolute atomic E-state index is 13.4. The molecule has 2 aliphatic heterocycles. The van der Waals surface area contributed by atoms with E-state index < -0.39 is 12.0 Å². The van der Waals surface area contributed by atoms with Gasteiger partial charge in [-0.05, 0) is 44.5 Å². The molecule has 3 amide bonds. The molecule has 0 saturated carbocycles. The number of carbonyl (C=O) groups is 3. The van der Waals surface area contributed by atoms with E-state index in [1.807, 2.05) is 49.1 Å². The lowest BCUT2D eigenvalue weighted by Gasteiger charge is -2.43. The average Bonchev–Trinajstić information content (AvgIpc) is 2.90. The maximum Gasteiger partial charge on any atom is 0.338 e. The molecule has 0 unspecified atom stereocenters. The van der Waals surface area contributed by atoms with Gasteiger partial charge in [-0.2, -0.15) is 0 Å². The highest BCUT2D eigenvalue weighted by Gasteiger charge is 2.40. The molecule has 1 saturated heterocycles. The molecule has 2 aromatic rings. The lowest BCUT2D eigenvalue weighted by molar-refractivity contribution is -0.139. The topological polar surface area (TPSA) is 82.2 Å². The molecule has 0 aliphatic carbocycles. The number of esters is 1. The molecule has 1 fully saturated rings. The van der Waals surface area contributed by atoms with Crippen molar-refractivity contribution < 1.29 is 19.1 Å². The van der Waals surface area contributed by atoms with E-state index in [0.717, 1.165) is 0 Å². The number of hydrogen-bond donors (Lipinski definition) is 1. The summed E-state index contributed by atoms with van der Waals surface area (Å²) in [5.41, 5.74) is 2.07. The number of carbonyl (C=O) groups excluding carboxylic acids is 3. The van der Waals surface area contributed by atoms with Gasteiger partial charge in [-0.15, -0.1) is 0 Å². The van der Waals surface area contributed by atoms with E-state index in [2.05, 4.69) is 10.2 Å². The summed E-state index contributed by atoms with van der Waals surface area (Å²) >= 11 is 12.8. The van der Waals surface area contributed by atoms with Crippen molar-refractivity contribution >= 4 is 41.1 Å². The van der Waals surface area contributed by atoms with Gasteiger partial charge in [0.15, 0.2) is 0 Å². The van der Waals surface area contributed by atoms with Crippen LogP contribution in [0.1, 0.15) is 42.7 Å². The molecule has 8 nitrogen and oxygen atoms in total. The van der Waals surface area contributed by atoms with Crippen molar-refractivity contribution in [2.24, 2.45) is 0 Å². The van der Waals surface area contributed by atoms with E-state index in [1.165, 1.54) is 0 Å². The Labute approximate surface area is 233 Å². The molecule has 202 valence electrons. The van der Waals surface area contributed by atoms with E-state index in [9.17, 15) is 14.4 Å². The molecule has 2 heterocycles. The molecule has 0 spiro atoms. The molecule has 4 rings (SSSR count). The third-order valence-electron chi connectivity index (χ3n) is 6.91. The minimum Gasteiger partial charge on any atom is -0.463 e. The first-order chi connectivity index (χ1) is 18.3. The molecule has 38 heavy (non-hydrogen) atoms. The van der Waals surface area contributed by atoms with Crippen LogP contribution < -0.4 is 5.32 Å². The Hall–Kier alpha value is -3.07. The van der Waals surface area contributed by atoms with E-state index in [1.54, 1.807) is 30.0 Å². The first-order valence-electron chi connectivity index (χ1n) is 12.8. The molecule has 10 heteroatoms. The van der Waals surface area contributed by atoms with Crippen LogP contribution in [0.15, 0.2) is 59.8 Å². The summed E-state index contributed by atoms with van der Waals surface area (Å²) in [5.74, 6) is -0.528. The number of halogens is 2. The van der Waals surface area contributed by atoms with Crippen LogP contribution in [-0.2, 0) is 9.53 Å². The average molecular weight is 559 g/mol. The number of benzene rings is 2. The molecular weight excluding hydrogens is 527 g/mol. The van der Waals surface area contributed by atoms with Crippen LogP contribution in [0.25, 0.3) is 0 Å². The Balaban J connectivity index is 1.66. The van der Waals surface area contributed by atoms with Gasteiger partial charge in [-0.1, -0.05) is 53.5 Å². The molecule has 2 aliphatic rings. The number of nitrogens with zero attached hydrogens (tertiary/aromatic N) is 3. The number of piperazine rings is 1. The predicted molar refractivity (Wildman–Crippen MR) is 147 cm³/mol. The highest BCUT2D eigenvalue weighted by molar-refractivity contribution is 6.42. The van der Waals surface area contributed by atoms with Crippen LogP contribution in [-0.4, -0.2) is 78.0 Å². The third kappa shape index (κ3) is 5.67. The monoisotopic (exact) mass is 558 g/mol. The summed E-state index contributed by atoms with van der Waals surface area (Å²) in [7, 11) is 0.